The highest BCUT2D eigenvalue weighted by Crippen LogP contribution is 2.50. The van der Waals surface area contributed by atoms with Gasteiger partial charge in [-0.1, -0.05) is 29.3 Å². The Bertz CT molecular complexity index is 479. The Labute approximate surface area is 124 Å². The van der Waals surface area contributed by atoms with E-state index in [-0.39, 0.29) is 5.41 Å². The first-order chi connectivity index (χ1) is 9.15. The van der Waals surface area contributed by atoms with Gasteiger partial charge in [0.2, 0.25) is 0 Å². The lowest BCUT2D eigenvalue weighted by atomic mass is 9.67. The van der Waals surface area contributed by atoms with Crippen LogP contribution in [0.2, 0.25) is 10.0 Å². The molecular formula is C15H19Cl2NO. The lowest BCUT2D eigenvalue weighted by Gasteiger charge is -2.42. The van der Waals surface area contributed by atoms with Crippen LogP contribution in [0, 0.1) is 5.92 Å². The molecule has 1 heterocycles. The minimum Gasteiger partial charge on any atom is -0.384 e. The number of ether oxygens (including phenoxy) is 1. The third kappa shape index (κ3) is 2.29. The molecule has 1 aliphatic heterocycles. The molecule has 0 amide bonds. The van der Waals surface area contributed by atoms with Gasteiger partial charge in [0.1, 0.15) is 0 Å². The molecule has 19 heavy (non-hydrogen) atoms. The van der Waals surface area contributed by atoms with Crippen molar-refractivity contribution in [2.75, 3.05) is 20.3 Å². The van der Waals surface area contributed by atoms with Gasteiger partial charge in [0.15, 0.2) is 0 Å². The molecule has 1 saturated carbocycles. The van der Waals surface area contributed by atoms with E-state index in [1.807, 2.05) is 6.07 Å². The number of hydrogen-bond acceptors (Lipinski definition) is 2. The number of benzene rings is 1. The molecule has 0 aromatic heterocycles. The second-order valence-electron chi connectivity index (χ2n) is 5.79. The van der Waals surface area contributed by atoms with Gasteiger partial charge in [0.05, 0.1) is 16.7 Å². The van der Waals surface area contributed by atoms with Crippen molar-refractivity contribution in [3.63, 3.8) is 0 Å². The van der Waals surface area contributed by atoms with E-state index in [0.29, 0.717) is 22.0 Å². The molecule has 0 spiro atoms. The summed E-state index contributed by atoms with van der Waals surface area (Å²) in [6.45, 7) is 1.82. The number of piperidine rings is 1. The van der Waals surface area contributed by atoms with Crippen molar-refractivity contribution in [1.29, 1.82) is 0 Å². The summed E-state index contributed by atoms with van der Waals surface area (Å²) in [6, 6.07) is 6.76. The third-order valence-electron chi connectivity index (χ3n) is 4.85. The van der Waals surface area contributed by atoms with Gasteiger partial charge in [0, 0.05) is 31.0 Å². The second kappa shape index (κ2) is 5.25. The van der Waals surface area contributed by atoms with Crippen LogP contribution < -0.4 is 5.32 Å². The molecule has 1 aliphatic carbocycles. The van der Waals surface area contributed by atoms with Gasteiger partial charge < -0.3 is 10.1 Å². The van der Waals surface area contributed by atoms with Crippen LogP contribution >= 0.6 is 23.2 Å². The molecule has 2 nitrogen and oxygen atoms in total. The molecule has 3 rings (SSSR count). The molecule has 104 valence electrons. The van der Waals surface area contributed by atoms with Gasteiger partial charge in [0.25, 0.3) is 0 Å². The topological polar surface area (TPSA) is 21.3 Å². The summed E-state index contributed by atoms with van der Waals surface area (Å²) in [6.07, 6.45) is 3.62. The average molecular weight is 300 g/mol. The zero-order valence-electron chi connectivity index (χ0n) is 11.1. The number of methoxy groups -OCH3 is 1. The summed E-state index contributed by atoms with van der Waals surface area (Å²) in [5.41, 5.74) is 1.54. The van der Waals surface area contributed by atoms with Crippen molar-refractivity contribution in [2.24, 2.45) is 5.92 Å². The lowest BCUT2D eigenvalue weighted by molar-refractivity contribution is 0.0889. The highest BCUT2D eigenvalue weighted by molar-refractivity contribution is 6.42. The Hall–Kier alpha value is -0.280. The molecule has 4 heteroatoms. The number of halogens is 2. The fraction of sp³-hybridized carbons (Fsp3) is 0.600. The summed E-state index contributed by atoms with van der Waals surface area (Å²) in [4.78, 5) is 0. The largest absolute Gasteiger partial charge is 0.384 e. The second-order valence-corrected chi connectivity index (χ2v) is 6.60. The van der Waals surface area contributed by atoms with Crippen LogP contribution in [-0.2, 0) is 10.2 Å². The molecule has 0 radical (unpaired) electrons. The fourth-order valence-electron chi connectivity index (χ4n) is 3.85. The smallest absolute Gasteiger partial charge is 0.0595 e. The number of fused-ring (bicyclic) bond motifs is 2. The van der Waals surface area contributed by atoms with Crippen molar-refractivity contribution >= 4 is 23.2 Å². The normalized spacial score (nSPS) is 33.6. The van der Waals surface area contributed by atoms with Crippen molar-refractivity contribution in [1.82, 2.24) is 5.32 Å². The van der Waals surface area contributed by atoms with Gasteiger partial charge in [-0.05, 0) is 37.0 Å². The summed E-state index contributed by atoms with van der Waals surface area (Å²) < 4.78 is 5.43. The molecule has 1 N–H and O–H groups in total. The summed E-state index contributed by atoms with van der Waals surface area (Å²) in [5.74, 6) is 0.508. The third-order valence-corrected chi connectivity index (χ3v) is 5.59. The van der Waals surface area contributed by atoms with E-state index in [4.69, 9.17) is 27.9 Å². The highest BCUT2D eigenvalue weighted by Gasteiger charge is 2.49. The van der Waals surface area contributed by atoms with Crippen LogP contribution in [0.5, 0.6) is 0 Å². The summed E-state index contributed by atoms with van der Waals surface area (Å²) in [5, 5.41) is 4.92. The lowest BCUT2D eigenvalue weighted by Crippen LogP contribution is -2.48. The zero-order chi connectivity index (χ0) is 13.5. The molecule has 3 atom stereocenters. The first-order valence-electron chi connectivity index (χ1n) is 6.83. The Morgan fingerprint density at radius 2 is 2.21 bits per heavy atom. The van der Waals surface area contributed by atoms with E-state index in [1.54, 1.807) is 7.11 Å². The van der Waals surface area contributed by atoms with Crippen LogP contribution in [-0.4, -0.2) is 26.3 Å². The van der Waals surface area contributed by atoms with Gasteiger partial charge in [-0.25, -0.2) is 0 Å². The van der Waals surface area contributed by atoms with Crippen molar-refractivity contribution in [3.05, 3.63) is 33.8 Å². The minimum atomic E-state index is 0.208. The predicted octanol–water partition coefficient (Wildman–Crippen LogP) is 3.65. The van der Waals surface area contributed by atoms with Gasteiger partial charge in [-0.2, -0.15) is 0 Å². The van der Waals surface area contributed by atoms with E-state index in [2.05, 4.69) is 17.4 Å². The Balaban J connectivity index is 2.00. The van der Waals surface area contributed by atoms with Gasteiger partial charge in [-0.15, -0.1) is 0 Å². The maximum atomic E-state index is 6.21. The first kappa shape index (κ1) is 13.7. The van der Waals surface area contributed by atoms with E-state index < -0.39 is 0 Å². The van der Waals surface area contributed by atoms with Crippen LogP contribution in [0.3, 0.4) is 0 Å². The first-order valence-corrected chi connectivity index (χ1v) is 7.59. The van der Waals surface area contributed by atoms with E-state index in [0.717, 1.165) is 13.2 Å². The Morgan fingerprint density at radius 1 is 1.37 bits per heavy atom. The SMILES string of the molecule is COC[C@@H]1CNC2CC[C@@]1(c1ccc(Cl)c(Cl)c1)C2. The number of rotatable bonds is 3. The maximum Gasteiger partial charge on any atom is 0.0595 e. The maximum absolute atomic E-state index is 6.21. The molecule has 1 aromatic carbocycles. The molecule has 2 bridgehead atoms. The van der Waals surface area contributed by atoms with Crippen LogP contribution in [0.4, 0.5) is 0 Å². The summed E-state index contributed by atoms with van der Waals surface area (Å²) in [7, 11) is 1.78. The predicted molar refractivity (Wildman–Crippen MR) is 79.1 cm³/mol. The Morgan fingerprint density at radius 3 is 2.95 bits per heavy atom. The molecule has 1 aromatic rings. The monoisotopic (exact) mass is 299 g/mol. The average Bonchev–Trinajstić information content (AvgIpc) is 2.76. The minimum absolute atomic E-state index is 0.208. The van der Waals surface area contributed by atoms with Crippen molar-refractivity contribution in [2.45, 2.75) is 30.7 Å². The highest BCUT2D eigenvalue weighted by atomic mass is 35.5. The van der Waals surface area contributed by atoms with E-state index >= 15 is 0 Å². The standard InChI is InChI=1S/C15H19Cl2NO/c1-19-9-11-8-18-12-4-5-15(11,7-12)10-2-3-13(16)14(17)6-10/h2-3,6,11-12,18H,4-5,7-9H2,1H3/t11-,12?,15-/m0/s1. The molecule has 2 aliphatic rings. The molecule has 1 unspecified atom stereocenters. The van der Waals surface area contributed by atoms with Crippen LogP contribution in [0.1, 0.15) is 24.8 Å². The van der Waals surface area contributed by atoms with E-state index in [9.17, 15) is 0 Å². The molecule has 1 saturated heterocycles. The summed E-state index contributed by atoms with van der Waals surface area (Å²) >= 11 is 12.3. The van der Waals surface area contributed by atoms with Crippen LogP contribution in [0.25, 0.3) is 0 Å². The number of nitrogens with one attached hydrogen (secondary N) is 1. The fourth-order valence-corrected chi connectivity index (χ4v) is 4.15. The number of hydrogen-bond donors (Lipinski definition) is 1. The molecular weight excluding hydrogens is 281 g/mol. The van der Waals surface area contributed by atoms with Crippen molar-refractivity contribution < 1.29 is 4.74 Å². The van der Waals surface area contributed by atoms with Gasteiger partial charge >= 0.3 is 0 Å². The quantitative estimate of drug-likeness (QED) is 0.920. The molecule has 2 fully saturated rings. The Kier molecular flexibility index (Phi) is 3.78. The van der Waals surface area contributed by atoms with Crippen molar-refractivity contribution in [3.8, 4) is 0 Å². The van der Waals surface area contributed by atoms with E-state index in [1.165, 1.54) is 24.8 Å². The van der Waals surface area contributed by atoms with Gasteiger partial charge in [-0.3, -0.25) is 0 Å². The zero-order valence-corrected chi connectivity index (χ0v) is 12.6. The van der Waals surface area contributed by atoms with Crippen LogP contribution in [0.15, 0.2) is 18.2 Å².